The fourth-order valence-electron chi connectivity index (χ4n) is 2.08. The lowest BCUT2D eigenvalue weighted by Crippen LogP contribution is -2.41. The molecule has 5 nitrogen and oxygen atoms in total. The summed E-state index contributed by atoms with van der Waals surface area (Å²) in [5.74, 6) is -0.924. The first kappa shape index (κ1) is 18.5. The van der Waals surface area contributed by atoms with E-state index in [1.54, 1.807) is 49.4 Å². The Labute approximate surface area is 151 Å². The Morgan fingerprint density at radius 3 is 2.40 bits per heavy atom. The monoisotopic (exact) mass is 355 g/mol. The minimum atomic E-state index is -1.32. The highest BCUT2D eigenvalue weighted by Gasteiger charge is 2.36. The van der Waals surface area contributed by atoms with E-state index >= 15 is 0 Å². The number of nitriles is 1. The summed E-state index contributed by atoms with van der Waals surface area (Å²) in [6.45, 7) is 4.86. The van der Waals surface area contributed by atoms with Crippen molar-refractivity contribution >= 4 is 34.8 Å². The van der Waals surface area contributed by atoms with Crippen molar-refractivity contribution in [2.75, 3.05) is 10.6 Å². The molecule has 0 spiro atoms. The van der Waals surface area contributed by atoms with Crippen LogP contribution in [0.5, 0.6) is 0 Å². The maximum Gasteiger partial charge on any atom is 0.239 e. The highest BCUT2D eigenvalue weighted by molar-refractivity contribution is 6.31. The van der Waals surface area contributed by atoms with Crippen LogP contribution in [0.25, 0.3) is 0 Å². The number of carbonyl (C=O) groups is 2. The van der Waals surface area contributed by atoms with Crippen LogP contribution in [0.3, 0.4) is 0 Å². The molecule has 0 saturated carbocycles. The minimum absolute atomic E-state index is 0.426. The molecule has 0 heterocycles. The van der Waals surface area contributed by atoms with Gasteiger partial charge in [-0.3, -0.25) is 9.59 Å². The summed E-state index contributed by atoms with van der Waals surface area (Å²) in [4.78, 5) is 25.1. The zero-order valence-electron chi connectivity index (χ0n) is 14.2. The van der Waals surface area contributed by atoms with Gasteiger partial charge < -0.3 is 10.6 Å². The molecule has 128 valence electrons. The van der Waals surface area contributed by atoms with Crippen molar-refractivity contribution in [3.05, 3.63) is 58.6 Å². The van der Waals surface area contributed by atoms with Gasteiger partial charge >= 0.3 is 0 Å². The van der Waals surface area contributed by atoms with Crippen molar-refractivity contribution in [2.24, 2.45) is 5.41 Å². The largest absolute Gasteiger partial charge is 0.325 e. The first-order valence-electron chi connectivity index (χ1n) is 7.64. The number of amides is 2. The topological polar surface area (TPSA) is 82.0 Å². The summed E-state index contributed by atoms with van der Waals surface area (Å²) in [5, 5.41) is 14.9. The van der Waals surface area contributed by atoms with Crippen LogP contribution in [0.15, 0.2) is 42.5 Å². The second kappa shape index (κ2) is 7.37. The van der Waals surface area contributed by atoms with Crippen molar-refractivity contribution in [1.29, 1.82) is 5.26 Å². The number of hydrogen-bond acceptors (Lipinski definition) is 3. The molecule has 0 saturated heterocycles. The van der Waals surface area contributed by atoms with Gasteiger partial charge in [-0.15, -0.1) is 0 Å². The van der Waals surface area contributed by atoms with E-state index in [-0.39, 0.29) is 0 Å². The molecule has 0 radical (unpaired) electrons. The molecule has 2 aromatic carbocycles. The van der Waals surface area contributed by atoms with Gasteiger partial charge in [-0.1, -0.05) is 23.7 Å². The first-order valence-corrected chi connectivity index (χ1v) is 8.01. The molecule has 25 heavy (non-hydrogen) atoms. The van der Waals surface area contributed by atoms with E-state index in [1.165, 1.54) is 13.8 Å². The molecule has 0 aliphatic rings. The van der Waals surface area contributed by atoms with E-state index in [0.29, 0.717) is 22.0 Å². The van der Waals surface area contributed by atoms with Gasteiger partial charge in [0.05, 0.1) is 11.6 Å². The van der Waals surface area contributed by atoms with Crippen LogP contribution in [-0.2, 0) is 9.59 Å². The van der Waals surface area contributed by atoms with Gasteiger partial charge in [0.15, 0.2) is 0 Å². The van der Waals surface area contributed by atoms with E-state index in [9.17, 15) is 9.59 Å². The normalized spacial score (nSPS) is 10.7. The highest BCUT2D eigenvalue weighted by atomic mass is 35.5. The van der Waals surface area contributed by atoms with Crippen LogP contribution in [0, 0.1) is 23.7 Å². The molecule has 0 fully saturated rings. The molecule has 2 N–H and O–H groups in total. The predicted molar refractivity (Wildman–Crippen MR) is 98.4 cm³/mol. The molecule has 0 atom stereocenters. The zero-order chi connectivity index (χ0) is 18.6. The van der Waals surface area contributed by atoms with Crippen molar-refractivity contribution in [3.63, 3.8) is 0 Å². The lowest BCUT2D eigenvalue weighted by molar-refractivity contribution is -0.135. The molecule has 0 aromatic heterocycles. The number of anilines is 2. The van der Waals surface area contributed by atoms with Crippen molar-refractivity contribution in [1.82, 2.24) is 0 Å². The minimum Gasteiger partial charge on any atom is -0.325 e. The van der Waals surface area contributed by atoms with Crippen LogP contribution in [0.4, 0.5) is 11.4 Å². The Morgan fingerprint density at radius 2 is 1.72 bits per heavy atom. The van der Waals surface area contributed by atoms with Gasteiger partial charge in [-0.2, -0.15) is 5.26 Å². The summed E-state index contributed by atoms with van der Waals surface area (Å²) in [6, 6.07) is 13.7. The molecule has 0 bridgehead atoms. The lowest BCUT2D eigenvalue weighted by atomic mass is 9.90. The fourth-order valence-corrected chi connectivity index (χ4v) is 2.25. The van der Waals surface area contributed by atoms with Gasteiger partial charge in [0, 0.05) is 16.4 Å². The van der Waals surface area contributed by atoms with Crippen molar-refractivity contribution < 1.29 is 9.59 Å². The van der Waals surface area contributed by atoms with Gasteiger partial charge in [0.25, 0.3) is 0 Å². The number of carbonyl (C=O) groups excluding carboxylic acids is 2. The van der Waals surface area contributed by atoms with Crippen LogP contribution in [-0.4, -0.2) is 11.8 Å². The third kappa shape index (κ3) is 4.17. The molecule has 6 heteroatoms. The number of hydrogen-bond donors (Lipinski definition) is 2. The lowest BCUT2D eigenvalue weighted by Gasteiger charge is -2.23. The van der Waals surface area contributed by atoms with Gasteiger partial charge in [-0.25, -0.2) is 0 Å². The predicted octanol–water partition coefficient (Wildman–Crippen LogP) is 4.12. The zero-order valence-corrected chi connectivity index (χ0v) is 14.9. The van der Waals surface area contributed by atoms with Crippen LogP contribution in [0.1, 0.15) is 25.0 Å². The average molecular weight is 356 g/mol. The fraction of sp³-hybridized carbons (Fsp3) is 0.211. The molecular formula is C19H18ClN3O2. The van der Waals surface area contributed by atoms with Gasteiger partial charge in [0.1, 0.15) is 5.41 Å². The third-order valence-electron chi connectivity index (χ3n) is 3.90. The Kier molecular flexibility index (Phi) is 5.45. The summed E-state index contributed by atoms with van der Waals surface area (Å²) in [7, 11) is 0. The highest BCUT2D eigenvalue weighted by Crippen LogP contribution is 2.26. The number of nitrogens with zero attached hydrogens (tertiary/aromatic N) is 1. The second-order valence-corrected chi connectivity index (χ2v) is 6.55. The van der Waals surface area contributed by atoms with E-state index < -0.39 is 17.2 Å². The smallest absolute Gasteiger partial charge is 0.239 e. The maximum atomic E-state index is 12.6. The summed E-state index contributed by atoms with van der Waals surface area (Å²) < 4.78 is 0. The van der Waals surface area contributed by atoms with Crippen LogP contribution in [0.2, 0.25) is 5.02 Å². The summed E-state index contributed by atoms with van der Waals surface area (Å²) in [6.07, 6.45) is 0. The number of benzene rings is 2. The number of rotatable bonds is 4. The van der Waals surface area contributed by atoms with E-state index in [4.69, 9.17) is 16.9 Å². The Hall–Kier alpha value is -2.84. The molecule has 2 rings (SSSR count). The van der Waals surface area contributed by atoms with Gasteiger partial charge in [-0.05, 0) is 56.7 Å². The summed E-state index contributed by atoms with van der Waals surface area (Å²) in [5.41, 5.74) is 0.857. The number of nitrogens with one attached hydrogen (secondary N) is 2. The van der Waals surface area contributed by atoms with E-state index in [2.05, 4.69) is 10.6 Å². The van der Waals surface area contributed by atoms with Crippen molar-refractivity contribution in [3.8, 4) is 6.07 Å². The molecule has 0 aliphatic carbocycles. The van der Waals surface area contributed by atoms with Crippen LogP contribution < -0.4 is 10.6 Å². The second-order valence-electron chi connectivity index (χ2n) is 6.14. The number of halogens is 1. The Balaban J connectivity index is 2.15. The SMILES string of the molecule is Cc1c(Cl)cccc1NC(=O)C(C)(C)C(=O)Nc1cccc(C#N)c1. The van der Waals surface area contributed by atoms with E-state index in [1.807, 2.05) is 6.07 Å². The van der Waals surface area contributed by atoms with Gasteiger partial charge in [0.2, 0.25) is 11.8 Å². The molecule has 2 aromatic rings. The molecule has 0 unspecified atom stereocenters. The van der Waals surface area contributed by atoms with Crippen LogP contribution >= 0.6 is 11.6 Å². The maximum absolute atomic E-state index is 12.6. The Morgan fingerprint density at radius 1 is 1.08 bits per heavy atom. The standard InChI is InChI=1S/C19H18ClN3O2/c1-12-15(20)8-5-9-16(12)23-18(25)19(2,3)17(24)22-14-7-4-6-13(10-14)11-21/h4-10H,1-3H3,(H,22,24)(H,23,25). The summed E-state index contributed by atoms with van der Waals surface area (Å²) >= 11 is 6.05. The third-order valence-corrected chi connectivity index (χ3v) is 4.31. The first-order chi connectivity index (χ1) is 11.8. The molecular weight excluding hydrogens is 338 g/mol. The van der Waals surface area contributed by atoms with E-state index in [0.717, 1.165) is 5.56 Å². The molecule has 0 aliphatic heterocycles. The molecule has 2 amide bonds. The quantitative estimate of drug-likeness (QED) is 0.809. The average Bonchev–Trinajstić information content (AvgIpc) is 2.59. The van der Waals surface area contributed by atoms with Crippen molar-refractivity contribution in [2.45, 2.75) is 20.8 Å². The Bertz CT molecular complexity index is 869.